The van der Waals surface area contributed by atoms with E-state index in [0.717, 1.165) is 18.4 Å². The van der Waals surface area contributed by atoms with Crippen LogP contribution in [0.1, 0.15) is 83.1 Å². The van der Waals surface area contributed by atoms with Crippen LogP contribution < -0.4 is 27.0 Å². The molecule has 2 aliphatic rings. The molecule has 0 bridgehead atoms. The summed E-state index contributed by atoms with van der Waals surface area (Å²) >= 11 is 0. The summed E-state index contributed by atoms with van der Waals surface area (Å²) in [5, 5.41) is 14.8. The lowest BCUT2D eigenvalue weighted by atomic mass is 10.0. The van der Waals surface area contributed by atoms with Crippen molar-refractivity contribution in [3.63, 3.8) is 0 Å². The first-order valence-electron chi connectivity index (χ1n) is 19.9. The van der Waals surface area contributed by atoms with Crippen LogP contribution >= 0.6 is 0 Å². The molecule has 1 aliphatic carbocycles. The molecule has 1 saturated carbocycles. The molecule has 5 heterocycles. The van der Waals surface area contributed by atoms with Crippen LogP contribution in [-0.4, -0.2) is 74.2 Å². The van der Waals surface area contributed by atoms with Gasteiger partial charge in [0, 0.05) is 50.0 Å². The zero-order chi connectivity index (χ0) is 42.5. The maximum atomic E-state index is 14.0. The zero-order valence-electron chi connectivity index (χ0n) is 32.7. The van der Waals surface area contributed by atoms with Crippen molar-refractivity contribution in [1.29, 1.82) is 0 Å². The first kappa shape index (κ1) is 40.7. The molecule has 19 heteroatoms. The Morgan fingerprint density at radius 2 is 1.82 bits per heavy atom. The quantitative estimate of drug-likeness (QED) is 0.0616. The number of hydrogen-bond donors (Lipinski definition) is 4. The second-order valence-electron chi connectivity index (χ2n) is 14.8. The topological polar surface area (TPSA) is 218 Å². The summed E-state index contributed by atoms with van der Waals surface area (Å²) in [5.41, 5.74) is 2.03. The number of hydrogen-bond acceptors (Lipinski definition) is 12. The molecule has 4 amide bonds. The van der Waals surface area contributed by atoms with Gasteiger partial charge in [0.2, 0.25) is 17.7 Å². The number of para-hydroxylation sites is 1. The lowest BCUT2D eigenvalue weighted by Gasteiger charge is -2.21. The average Bonchev–Trinajstić information content (AvgIpc) is 3.60. The molecule has 4 aromatic heterocycles. The Morgan fingerprint density at radius 3 is 2.61 bits per heavy atom. The highest BCUT2D eigenvalue weighted by Gasteiger charge is 2.32. The average molecular weight is 838 g/mol. The van der Waals surface area contributed by atoms with E-state index in [1.165, 1.54) is 40.4 Å². The van der Waals surface area contributed by atoms with Crippen molar-refractivity contribution in [2.24, 2.45) is 5.92 Å². The summed E-state index contributed by atoms with van der Waals surface area (Å²) in [4.78, 5) is 71.1. The van der Waals surface area contributed by atoms with Gasteiger partial charge in [-0.2, -0.15) is 5.10 Å². The standard InChI is InChI=1S/C42H41F2N9O8/c43-37(44)35-29(48-39(56)30-23-60-41(49-30)27-15-17-45-33(20-27)47-21-24-7-8-24)22-52(51-35)28-11-9-26(10-12-28)38(55)46-16-3-19-59-18-2-5-25-4-1-6-31-36(25)61-42(58)53(31)32-13-14-34(54)50-40(32)57/h1,4,6,9-12,15,17,20,22-24,32,37H,2-3,5,7-8,13-14,16,18-19,21H2,(H,45,47)(H,46,55)(H,48,56)(H,50,54,57). The third-order valence-corrected chi connectivity index (χ3v) is 10.3. The minimum absolute atomic E-state index is 0.113. The number of rotatable bonds is 18. The van der Waals surface area contributed by atoms with E-state index in [-0.39, 0.29) is 41.9 Å². The molecule has 6 aromatic rings. The SMILES string of the molecule is O=C1CCC(n2c(=O)oc3c(CCCOCCCNC(=O)c4ccc(-n5cc(NC(=O)c6coc(-c7ccnc(NCC8CC8)c7)n6)c(C(F)F)n5)cc4)cccc32)C(=O)N1. The largest absolute Gasteiger partial charge is 0.444 e. The second kappa shape index (κ2) is 18.1. The molecular formula is C42H41F2N9O8. The Kier molecular flexibility index (Phi) is 12.1. The monoisotopic (exact) mass is 837 g/mol. The number of imide groups is 1. The lowest BCUT2D eigenvalue weighted by molar-refractivity contribution is -0.135. The van der Waals surface area contributed by atoms with Crippen molar-refractivity contribution in [3.8, 4) is 17.1 Å². The molecule has 17 nitrogen and oxygen atoms in total. The predicted molar refractivity (Wildman–Crippen MR) is 215 cm³/mol. The maximum absolute atomic E-state index is 14.0. The molecule has 2 aromatic carbocycles. The van der Waals surface area contributed by atoms with Gasteiger partial charge >= 0.3 is 5.76 Å². The highest BCUT2D eigenvalue weighted by atomic mass is 19.3. The Labute approximate surface area is 345 Å². The highest BCUT2D eigenvalue weighted by molar-refractivity contribution is 6.03. The van der Waals surface area contributed by atoms with Crippen LogP contribution in [0.5, 0.6) is 0 Å². The number of oxazole rings is 2. The number of ether oxygens (including phenoxy) is 1. The number of piperidine rings is 1. The van der Waals surface area contributed by atoms with Crippen molar-refractivity contribution in [3.05, 3.63) is 106 Å². The molecule has 61 heavy (non-hydrogen) atoms. The summed E-state index contributed by atoms with van der Waals surface area (Å²) in [7, 11) is 0. The van der Waals surface area contributed by atoms with Gasteiger partial charge in [0.05, 0.1) is 23.1 Å². The maximum Gasteiger partial charge on any atom is 0.420 e. The van der Waals surface area contributed by atoms with Gasteiger partial charge in [-0.3, -0.25) is 29.1 Å². The van der Waals surface area contributed by atoms with E-state index in [9.17, 15) is 32.8 Å². The van der Waals surface area contributed by atoms with E-state index >= 15 is 0 Å². The van der Waals surface area contributed by atoms with E-state index in [1.54, 1.807) is 42.6 Å². The number of aryl methyl sites for hydroxylation is 1. The van der Waals surface area contributed by atoms with Gasteiger partial charge < -0.3 is 29.5 Å². The van der Waals surface area contributed by atoms with Crippen molar-refractivity contribution in [2.45, 2.75) is 57.4 Å². The van der Waals surface area contributed by atoms with Gasteiger partial charge in [-0.25, -0.2) is 28.2 Å². The molecule has 2 fully saturated rings. The second-order valence-corrected chi connectivity index (χ2v) is 14.8. The fourth-order valence-electron chi connectivity index (χ4n) is 6.95. The molecule has 0 spiro atoms. The van der Waals surface area contributed by atoms with Gasteiger partial charge in [-0.15, -0.1) is 0 Å². The number of nitrogens with zero attached hydrogens (tertiary/aromatic N) is 5. The van der Waals surface area contributed by atoms with Crippen molar-refractivity contribution in [1.82, 2.24) is 34.9 Å². The Bertz CT molecular complexity index is 2630. The normalized spacial score (nSPS) is 15.3. The van der Waals surface area contributed by atoms with E-state index in [0.29, 0.717) is 78.7 Å². The highest BCUT2D eigenvalue weighted by Crippen LogP contribution is 2.31. The summed E-state index contributed by atoms with van der Waals surface area (Å²) in [6, 6.07) is 14.1. The van der Waals surface area contributed by atoms with Crippen LogP contribution in [0.25, 0.3) is 28.2 Å². The predicted octanol–water partition coefficient (Wildman–Crippen LogP) is 5.59. The number of carbonyl (C=O) groups is 4. The number of nitrogens with one attached hydrogen (secondary N) is 4. The van der Waals surface area contributed by atoms with Gasteiger partial charge in [-0.1, -0.05) is 12.1 Å². The van der Waals surface area contributed by atoms with Crippen molar-refractivity contribution >= 4 is 46.2 Å². The van der Waals surface area contributed by atoms with Crippen LogP contribution in [-0.2, 0) is 20.7 Å². The molecule has 1 unspecified atom stereocenters. The number of alkyl halides is 2. The Balaban J connectivity index is 0.783. The number of aromatic nitrogens is 5. The summed E-state index contributed by atoms with van der Waals surface area (Å²) in [5.74, 6) is -1.19. The minimum atomic E-state index is -3.00. The summed E-state index contributed by atoms with van der Waals surface area (Å²) in [6.45, 7) is 1.96. The smallest absolute Gasteiger partial charge is 0.420 e. The van der Waals surface area contributed by atoms with Crippen molar-refractivity contribution < 1.29 is 41.5 Å². The Morgan fingerprint density at radius 1 is 1.00 bits per heavy atom. The van der Waals surface area contributed by atoms with E-state index in [1.807, 2.05) is 6.07 Å². The number of halogens is 2. The Hall–Kier alpha value is -7.02. The number of fused-ring (bicyclic) bond motifs is 1. The van der Waals surface area contributed by atoms with Crippen LogP contribution in [0, 0.1) is 5.92 Å². The number of amides is 4. The number of pyridine rings is 1. The summed E-state index contributed by atoms with van der Waals surface area (Å²) in [6.07, 6.45) is 5.46. The molecule has 1 saturated heterocycles. The molecule has 1 atom stereocenters. The fraction of sp³-hybridized carbons (Fsp3) is 0.333. The first-order valence-corrected chi connectivity index (χ1v) is 19.9. The first-order chi connectivity index (χ1) is 29.6. The van der Waals surface area contributed by atoms with Crippen LogP contribution in [0.3, 0.4) is 0 Å². The molecular weight excluding hydrogens is 797 g/mol. The molecule has 8 rings (SSSR count). The van der Waals surface area contributed by atoms with E-state index in [2.05, 4.69) is 36.3 Å². The van der Waals surface area contributed by atoms with Gasteiger partial charge in [-0.05, 0) is 92.5 Å². The van der Waals surface area contributed by atoms with Crippen LogP contribution in [0.4, 0.5) is 20.3 Å². The number of carbonyl (C=O) groups excluding carboxylic acids is 4. The van der Waals surface area contributed by atoms with Gasteiger partial charge in [0.25, 0.3) is 18.2 Å². The van der Waals surface area contributed by atoms with Crippen molar-refractivity contribution in [2.75, 3.05) is 36.9 Å². The lowest BCUT2D eigenvalue weighted by Crippen LogP contribution is -2.43. The number of benzene rings is 2. The summed E-state index contributed by atoms with van der Waals surface area (Å²) < 4.78 is 47.4. The molecule has 1 aliphatic heterocycles. The minimum Gasteiger partial charge on any atom is -0.444 e. The number of anilines is 2. The third kappa shape index (κ3) is 9.57. The van der Waals surface area contributed by atoms with Crippen LogP contribution in [0.15, 0.2) is 86.9 Å². The molecule has 4 N–H and O–H groups in total. The zero-order valence-corrected chi connectivity index (χ0v) is 32.7. The fourth-order valence-corrected chi connectivity index (χ4v) is 6.95. The molecule has 316 valence electrons. The van der Waals surface area contributed by atoms with Gasteiger partial charge in [0.1, 0.15) is 18.1 Å². The van der Waals surface area contributed by atoms with E-state index < -0.39 is 35.7 Å². The molecule has 0 radical (unpaired) electrons. The van der Waals surface area contributed by atoms with E-state index in [4.69, 9.17) is 13.6 Å². The van der Waals surface area contributed by atoms with Crippen LogP contribution in [0.2, 0.25) is 0 Å². The van der Waals surface area contributed by atoms with Gasteiger partial charge in [0.15, 0.2) is 17.0 Å². The third-order valence-electron chi connectivity index (χ3n) is 10.3.